The van der Waals surface area contributed by atoms with Crippen molar-refractivity contribution in [2.75, 3.05) is 0 Å². The Labute approximate surface area is 188 Å². The smallest absolute Gasteiger partial charge is 0.422 e. The monoisotopic (exact) mass is 463 g/mol. The van der Waals surface area contributed by atoms with Crippen LogP contribution in [0.15, 0.2) is 60.8 Å². The lowest BCUT2D eigenvalue weighted by molar-refractivity contribution is -0.274. The molecule has 8 heteroatoms. The maximum atomic E-state index is 14.1. The molecule has 168 valence electrons. The van der Waals surface area contributed by atoms with E-state index in [0.29, 0.717) is 16.8 Å². The summed E-state index contributed by atoms with van der Waals surface area (Å²) in [5.41, 5.74) is -0.958. The first kappa shape index (κ1) is 23.8. The molecule has 1 heterocycles. The van der Waals surface area contributed by atoms with Crippen molar-refractivity contribution in [3.05, 3.63) is 88.2 Å². The number of aryl methyl sites for hydroxylation is 1. The molecule has 2 unspecified atom stereocenters. The number of carboxylic acids is 1. The van der Waals surface area contributed by atoms with E-state index >= 15 is 0 Å². The van der Waals surface area contributed by atoms with Crippen LogP contribution in [-0.2, 0) is 16.8 Å². The third kappa shape index (κ3) is 4.64. The number of aliphatic carboxylic acids is 1. The molecule has 0 radical (unpaired) electrons. The predicted molar refractivity (Wildman–Crippen MR) is 116 cm³/mol. The summed E-state index contributed by atoms with van der Waals surface area (Å²) in [5, 5.41) is 19.9. The van der Waals surface area contributed by atoms with Crippen LogP contribution in [-0.4, -0.2) is 27.3 Å². The fourth-order valence-electron chi connectivity index (χ4n) is 3.71. The first-order valence-electron chi connectivity index (χ1n) is 9.76. The Hall–Kier alpha value is -2.90. The summed E-state index contributed by atoms with van der Waals surface area (Å²) in [6, 6.07) is 13.8. The van der Waals surface area contributed by atoms with Gasteiger partial charge in [-0.3, -0.25) is 9.78 Å². The van der Waals surface area contributed by atoms with Gasteiger partial charge in [-0.15, -0.1) is 0 Å². The Kier molecular flexibility index (Phi) is 6.62. The Balaban J connectivity index is 1.99. The second-order valence-corrected chi connectivity index (χ2v) is 8.08. The van der Waals surface area contributed by atoms with Crippen molar-refractivity contribution in [1.29, 1.82) is 0 Å². The largest absolute Gasteiger partial charge is 0.481 e. The highest BCUT2D eigenvalue weighted by Crippen LogP contribution is 2.50. The number of halogens is 4. The zero-order chi connectivity index (χ0) is 23.7. The van der Waals surface area contributed by atoms with E-state index in [-0.39, 0.29) is 22.6 Å². The zero-order valence-electron chi connectivity index (χ0n) is 17.3. The highest BCUT2D eigenvalue weighted by Gasteiger charge is 2.59. The highest BCUT2D eigenvalue weighted by atomic mass is 35.5. The van der Waals surface area contributed by atoms with Gasteiger partial charge in [0.05, 0.1) is 6.42 Å². The number of aromatic nitrogens is 1. The number of hydrogen-bond acceptors (Lipinski definition) is 3. The third-order valence-electron chi connectivity index (χ3n) is 5.51. The number of alkyl halides is 3. The van der Waals surface area contributed by atoms with Gasteiger partial charge in [-0.2, -0.15) is 13.2 Å². The summed E-state index contributed by atoms with van der Waals surface area (Å²) in [6.07, 6.45) is -3.84. The van der Waals surface area contributed by atoms with Gasteiger partial charge in [0.2, 0.25) is 0 Å². The number of carbonyl (C=O) groups is 1. The molecule has 4 nitrogen and oxygen atoms in total. The van der Waals surface area contributed by atoms with Crippen molar-refractivity contribution in [2.45, 2.75) is 38.0 Å². The van der Waals surface area contributed by atoms with Crippen LogP contribution in [0, 0.1) is 6.92 Å². The molecule has 0 fully saturated rings. The molecule has 3 aromatic rings. The van der Waals surface area contributed by atoms with Gasteiger partial charge >= 0.3 is 12.1 Å². The molecular formula is C24H21ClF3NO3. The molecule has 32 heavy (non-hydrogen) atoms. The Bertz CT molecular complexity index is 1130. The van der Waals surface area contributed by atoms with Crippen LogP contribution in [0.25, 0.3) is 11.1 Å². The molecule has 0 amide bonds. The molecule has 0 bridgehead atoms. The fraction of sp³-hybridized carbons (Fsp3) is 0.250. The Morgan fingerprint density at radius 1 is 1.06 bits per heavy atom. The van der Waals surface area contributed by atoms with Gasteiger partial charge in [0, 0.05) is 22.8 Å². The molecule has 1 aromatic heterocycles. The second-order valence-electron chi connectivity index (χ2n) is 7.68. The highest BCUT2D eigenvalue weighted by molar-refractivity contribution is 6.31. The van der Waals surface area contributed by atoms with E-state index in [2.05, 4.69) is 4.98 Å². The molecule has 2 atom stereocenters. The van der Waals surface area contributed by atoms with E-state index in [1.807, 2.05) is 0 Å². The van der Waals surface area contributed by atoms with Gasteiger partial charge in [-0.1, -0.05) is 54.9 Å². The molecule has 0 spiro atoms. The lowest BCUT2D eigenvalue weighted by Crippen LogP contribution is -2.46. The lowest BCUT2D eigenvalue weighted by atomic mass is 9.77. The van der Waals surface area contributed by atoms with Crippen molar-refractivity contribution in [3.63, 3.8) is 0 Å². The van der Waals surface area contributed by atoms with E-state index in [1.54, 1.807) is 37.3 Å². The Morgan fingerprint density at radius 3 is 2.22 bits per heavy atom. The SMILES string of the molecule is Cc1cc(C(O)(C(C)c2ccc(-c3ccc(CC(=O)O)cc3)cc2Cl)C(F)(F)F)ccn1. The molecule has 0 aliphatic rings. The van der Waals surface area contributed by atoms with Crippen LogP contribution in [0.2, 0.25) is 5.02 Å². The minimum atomic E-state index is -4.96. The van der Waals surface area contributed by atoms with Crippen LogP contribution in [0.3, 0.4) is 0 Å². The molecular weight excluding hydrogens is 443 g/mol. The molecule has 0 aliphatic carbocycles. The van der Waals surface area contributed by atoms with Gasteiger partial charge in [0.25, 0.3) is 0 Å². The van der Waals surface area contributed by atoms with Crippen molar-refractivity contribution in [3.8, 4) is 11.1 Å². The first-order chi connectivity index (χ1) is 14.9. The van der Waals surface area contributed by atoms with Gasteiger partial charge in [0.15, 0.2) is 5.60 Å². The average Bonchev–Trinajstić information content (AvgIpc) is 2.72. The number of aliphatic hydroxyl groups is 1. The predicted octanol–water partition coefficient (Wildman–Crippen LogP) is 5.89. The van der Waals surface area contributed by atoms with E-state index in [0.717, 1.165) is 11.6 Å². The molecule has 0 aliphatic heterocycles. The summed E-state index contributed by atoms with van der Waals surface area (Å²) >= 11 is 6.38. The standard InChI is InChI=1S/C24H21ClF3NO3/c1-14-11-19(9-10-29-14)23(32,24(26,27)28)15(2)20-8-7-18(13-21(20)25)17-5-3-16(4-6-17)12-22(30)31/h3-11,13,15,32H,12H2,1-2H3,(H,30,31). The normalized spacial score (nSPS) is 14.6. The molecule has 0 saturated heterocycles. The van der Waals surface area contributed by atoms with Crippen LogP contribution in [0.4, 0.5) is 13.2 Å². The summed E-state index contributed by atoms with van der Waals surface area (Å²) in [4.78, 5) is 14.7. The van der Waals surface area contributed by atoms with Crippen molar-refractivity contribution >= 4 is 17.6 Å². The molecule has 3 rings (SSSR count). The number of pyridine rings is 1. The van der Waals surface area contributed by atoms with E-state index in [4.69, 9.17) is 16.7 Å². The van der Waals surface area contributed by atoms with E-state index < -0.39 is 23.7 Å². The minimum absolute atomic E-state index is 0.0815. The number of carboxylic acid groups (broad SMARTS) is 1. The van der Waals surface area contributed by atoms with Crippen LogP contribution < -0.4 is 0 Å². The van der Waals surface area contributed by atoms with Crippen LogP contribution in [0.1, 0.15) is 35.2 Å². The van der Waals surface area contributed by atoms with E-state index in [1.165, 1.54) is 31.3 Å². The third-order valence-corrected chi connectivity index (χ3v) is 5.83. The van der Waals surface area contributed by atoms with Gasteiger partial charge in [-0.05, 0) is 52.9 Å². The van der Waals surface area contributed by atoms with E-state index in [9.17, 15) is 23.1 Å². The number of rotatable bonds is 6. The van der Waals surface area contributed by atoms with Gasteiger partial charge < -0.3 is 10.2 Å². The summed E-state index contributed by atoms with van der Waals surface area (Å²) < 4.78 is 42.3. The zero-order valence-corrected chi connectivity index (χ0v) is 18.1. The number of hydrogen-bond donors (Lipinski definition) is 2. The number of nitrogens with zero attached hydrogens (tertiary/aromatic N) is 1. The second kappa shape index (κ2) is 8.92. The van der Waals surface area contributed by atoms with Crippen LogP contribution >= 0.6 is 11.6 Å². The minimum Gasteiger partial charge on any atom is -0.481 e. The topological polar surface area (TPSA) is 70.4 Å². The van der Waals surface area contributed by atoms with Gasteiger partial charge in [-0.25, -0.2) is 0 Å². The van der Waals surface area contributed by atoms with Crippen molar-refractivity contribution in [1.82, 2.24) is 4.98 Å². The van der Waals surface area contributed by atoms with Crippen LogP contribution in [0.5, 0.6) is 0 Å². The summed E-state index contributed by atoms with van der Waals surface area (Å²) in [5.74, 6) is -2.34. The number of benzene rings is 2. The maximum absolute atomic E-state index is 14.1. The average molecular weight is 464 g/mol. The quantitative estimate of drug-likeness (QED) is 0.478. The molecule has 2 N–H and O–H groups in total. The summed E-state index contributed by atoms with van der Waals surface area (Å²) in [7, 11) is 0. The van der Waals surface area contributed by atoms with Gasteiger partial charge in [0.1, 0.15) is 0 Å². The molecule has 0 saturated carbocycles. The molecule has 2 aromatic carbocycles. The summed E-state index contributed by atoms with van der Waals surface area (Å²) in [6.45, 7) is 2.83. The first-order valence-corrected chi connectivity index (χ1v) is 10.1. The Morgan fingerprint density at radius 2 is 1.69 bits per heavy atom. The maximum Gasteiger partial charge on any atom is 0.422 e. The van der Waals surface area contributed by atoms with Crippen molar-refractivity contribution in [2.24, 2.45) is 0 Å². The lowest BCUT2D eigenvalue weighted by Gasteiger charge is -2.37. The fourth-order valence-corrected chi connectivity index (χ4v) is 4.06. The van der Waals surface area contributed by atoms with Crippen molar-refractivity contribution < 1.29 is 28.2 Å².